The van der Waals surface area contributed by atoms with Crippen LogP contribution in [0.15, 0.2) is 48.8 Å². The predicted molar refractivity (Wildman–Crippen MR) is 93.5 cm³/mol. The van der Waals surface area contributed by atoms with E-state index in [9.17, 15) is 9.18 Å². The number of amides is 1. The van der Waals surface area contributed by atoms with Crippen molar-refractivity contribution in [2.45, 2.75) is 0 Å². The van der Waals surface area contributed by atoms with Gasteiger partial charge < -0.3 is 9.80 Å². The molecule has 0 aliphatic carbocycles. The molecule has 0 spiro atoms. The number of hydrogen-bond donors (Lipinski definition) is 0. The first-order chi connectivity index (χ1) is 11.6. The van der Waals surface area contributed by atoms with Gasteiger partial charge in [-0.25, -0.2) is 4.39 Å². The average Bonchev–Trinajstić information content (AvgIpc) is 2.63. The third-order valence-corrected chi connectivity index (χ3v) is 4.27. The molecule has 124 valence electrons. The van der Waals surface area contributed by atoms with Crippen LogP contribution in [-0.2, 0) is 4.79 Å². The van der Waals surface area contributed by atoms with Gasteiger partial charge in [-0.1, -0.05) is 17.7 Å². The molecule has 0 saturated carbocycles. The quantitative estimate of drug-likeness (QED) is 0.801. The first kappa shape index (κ1) is 16.5. The number of carbonyl (C=O) groups is 1. The maximum Gasteiger partial charge on any atom is 0.246 e. The number of hydrogen-bond acceptors (Lipinski definition) is 3. The molecular weight excluding hydrogens is 329 g/mol. The lowest BCUT2D eigenvalue weighted by atomic mass is 10.2. The normalized spacial score (nSPS) is 15.1. The molecule has 0 bridgehead atoms. The zero-order valence-corrected chi connectivity index (χ0v) is 13.8. The number of anilines is 1. The van der Waals surface area contributed by atoms with Crippen molar-refractivity contribution in [1.82, 2.24) is 9.88 Å². The smallest absolute Gasteiger partial charge is 0.246 e. The summed E-state index contributed by atoms with van der Waals surface area (Å²) in [6.45, 7) is 2.89. The van der Waals surface area contributed by atoms with Crippen molar-refractivity contribution in [3.8, 4) is 0 Å². The van der Waals surface area contributed by atoms with Crippen LogP contribution in [0.5, 0.6) is 0 Å². The summed E-state index contributed by atoms with van der Waals surface area (Å²) in [5, 5.41) is 0.0514. The SMILES string of the molecule is O=C(/C=C/c1ccc(F)c(Cl)c1)N1CCN(c2ccncc2)CC1. The number of piperazine rings is 1. The minimum absolute atomic E-state index is 0.0511. The third-order valence-electron chi connectivity index (χ3n) is 3.98. The fraction of sp³-hybridized carbons (Fsp3) is 0.222. The Balaban J connectivity index is 1.57. The summed E-state index contributed by atoms with van der Waals surface area (Å²) in [5.74, 6) is -0.516. The van der Waals surface area contributed by atoms with E-state index in [4.69, 9.17) is 11.6 Å². The number of nitrogens with zero attached hydrogens (tertiary/aromatic N) is 3. The van der Waals surface area contributed by atoms with Crippen LogP contribution < -0.4 is 4.90 Å². The van der Waals surface area contributed by atoms with Crippen LogP contribution >= 0.6 is 11.6 Å². The van der Waals surface area contributed by atoms with Crippen molar-refractivity contribution in [2.24, 2.45) is 0 Å². The molecule has 1 saturated heterocycles. The lowest BCUT2D eigenvalue weighted by Crippen LogP contribution is -2.48. The molecule has 1 amide bonds. The highest BCUT2D eigenvalue weighted by Gasteiger charge is 2.19. The molecule has 3 rings (SSSR count). The molecule has 4 nitrogen and oxygen atoms in total. The Kier molecular flexibility index (Phi) is 5.11. The molecule has 0 atom stereocenters. The fourth-order valence-electron chi connectivity index (χ4n) is 2.63. The van der Waals surface area contributed by atoms with Gasteiger partial charge in [-0.05, 0) is 35.9 Å². The third kappa shape index (κ3) is 3.92. The van der Waals surface area contributed by atoms with Crippen molar-refractivity contribution in [1.29, 1.82) is 0 Å². The minimum Gasteiger partial charge on any atom is -0.368 e. The molecule has 1 aliphatic heterocycles. The Labute approximate surface area is 145 Å². The monoisotopic (exact) mass is 345 g/mol. The molecule has 1 aromatic heterocycles. The van der Waals surface area contributed by atoms with Crippen molar-refractivity contribution < 1.29 is 9.18 Å². The Morgan fingerprint density at radius 1 is 1.12 bits per heavy atom. The molecule has 1 fully saturated rings. The molecule has 1 aliphatic rings. The molecule has 0 radical (unpaired) electrons. The summed E-state index contributed by atoms with van der Waals surface area (Å²) in [6.07, 6.45) is 6.70. The van der Waals surface area contributed by atoms with E-state index < -0.39 is 5.82 Å². The standard InChI is InChI=1S/C18H17ClFN3O/c19-16-13-14(1-3-17(16)20)2-4-18(24)23-11-9-22(10-12-23)15-5-7-21-8-6-15/h1-8,13H,9-12H2/b4-2+. The fourth-order valence-corrected chi connectivity index (χ4v) is 2.82. The van der Waals surface area contributed by atoms with Gasteiger partial charge in [0, 0.05) is 50.3 Å². The molecular formula is C18H17ClFN3O. The van der Waals surface area contributed by atoms with Crippen molar-refractivity contribution in [2.75, 3.05) is 31.1 Å². The number of carbonyl (C=O) groups excluding carboxylic acids is 1. The second-order valence-electron chi connectivity index (χ2n) is 5.52. The predicted octanol–water partition coefficient (Wildman–Crippen LogP) is 3.24. The minimum atomic E-state index is -0.465. The first-order valence-corrected chi connectivity index (χ1v) is 8.08. The first-order valence-electron chi connectivity index (χ1n) is 7.70. The van der Waals surface area contributed by atoms with Gasteiger partial charge in [0.25, 0.3) is 0 Å². The van der Waals surface area contributed by atoms with Gasteiger partial charge >= 0.3 is 0 Å². The zero-order chi connectivity index (χ0) is 16.9. The zero-order valence-electron chi connectivity index (χ0n) is 13.0. The van der Waals surface area contributed by atoms with Crippen LogP contribution in [0.1, 0.15) is 5.56 Å². The van der Waals surface area contributed by atoms with Crippen LogP contribution in [0.3, 0.4) is 0 Å². The lowest BCUT2D eigenvalue weighted by Gasteiger charge is -2.35. The number of rotatable bonds is 3. The highest BCUT2D eigenvalue weighted by molar-refractivity contribution is 6.30. The van der Waals surface area contributed by atoms with E-state index in [0.29, 0.717) is 18.7 Å². The van der Waals surface area contributed by atoms with E-state index in [-0.39, 0.29) is 10.9 Å². The van der Waals surface area contributed by atoms with E-state index in [1.807, 2.05) is 12.1 Å². The number of halogens is 2. The number of benzene rings is 1. The van der Waals surface area contributed by atoms with Crippen LogP contribution in [0, 0.1) is 5.82 Å². The second kappa shape index (κ2) is 7.45. The molecule has 0 N–H and O–H groups in total. The van der Waals surface area contributed by atoms with Crippen molar-refractivity contribution in [3.63, 3.8) is 0 Å². The van der Waals surface area contributed by atoms with Gasteiger partial charge in [0.2, 0.25) is 5.91 Å². The second-order valence-corrected chi connectivity index (χ2v) is 5.93. The van der Waals surface area contributed by atoms with E-state index in [1.165, 1.54) is 18.2 Å². The van der Waals surface area contributed by atoms with Crippen LogP contribution in [0.25, 0.3) is 6.08 Å². The number of pyridine rings is 1. The van der Waals surface area contributed by atoms with Gasteiger partial charge in [-0.2, -0.15) is 0 Å². The summed E-state index contributed by atoms with van der Waals surface area (Å²) < 4.78 is 13.1. The highest BCUT2D eigenvalue weighted by Crippen LogP contribution is 2.18. The summed E-state index contributed by atoms with van der Waals surface area (Å²) in [5.41, 5.74) is 1.82. The van der Waals surface area contributed by atoms with E-state index in [2.05, 4.69) is 9.88 Å². The summed E-state index contributed by atoms with van der Waals surface area (Å²) >= 11 is 5.74. The highest BCUT2D eigenvalue weighted by atomic mass is 35.5. The van der Waals surface area contributed by atoms with Crippen molar-refractivity contribution >= 4 is 29.3 Å². The van der Waals surface area contributed by atoms with E-state index >= 15 is 0 Å². The van der Waals surface area contributed by atoms with Crippen LogP contribution in [0.4, 0.5) is 10.1 Å². The average molecular weight is 346 g/mol. The van der Waals surface area contributed by atoms with Gasteiger partial charge in [0.15, 0.2) is 0 Å². The Morgan fingerprint density at radius 3 is 2.50 bits per heavy atom. The van der Waals surface area contributed by atoms with E-state index in [0.717, 1.165) is 18.8 Å². The van der Waals surface area contributed by atoms with Gasteiger partial charge in [-0.3, -0.25) is 9.78 Å². The van der Waals surface area contributed by atoms with Gasteiger partial charge in [0.05, 0.1) is 5.02 Å². The Bertz CT molecular complexity index is 743. The topological polar surface area (TPSA) is 36.4 Å². The summed E-state index contributed by atoms with van der Waals surface area (Å²) in [4.78, 5) is 20.3. The Morgan fingerprint density at radius 2 is 1.83 bits per heavy atom. The molecule has 24 heavy (non-hydrogen) atoms. The summed E-state index contributed by atoms with van der Waals surface area (Å²) in [7, 11) is 0. The van der Waals surface area contributed by atoms with E-state index in [1.54, 1.807) is 29.4 Å². The van der Waals surface area contributed by atoms with Gasteiger partial charge in [0.1, 0.15) is 5.82 Å². The summed E-state index contributed by atoms with van der Waals surface area (Å²) in [6, 6.07) is 8.32. The Hall–Kier alpha value is -2.40. The maximum absolute atomic E-state index is 13.1. The van der Waals surface area contributed by atoms with Crippen LogP contribution in [-0.4, -0.2) is 42.0 Å². The lowest BCUT2D eigenvalue weighted by molar-refractivity contribution is -0.126. The molecule has 1 aromatic carbocycles. The number of aromatic nitrogens is 1. The van der Waals surface area contributed by atoms with Gasteiger partial charge in [-0.15, -0.1) is 0 Å². The molecule has 2 heterocycles. The van der Waals surface area contributed by atoms with Crippen LogP contribution in [0.2, 0.25) is 5.02 Å². The molecule has 2 aromatic rings. The molecule has 6 heteroatoms. The maximum atomic E-state index is 13.1. The molecule has 0 unspecified atom stereocenters. The largest absolute Gasteiger partial charge is 0.368 e. The van der Waals surface area contributed by atoms with Crippen molar-refractivity contribution in [3.05, 3.63) is 65.2 Å².